The predicted octanol–water partition coefficient (Wildman–Crippen LogP) is 2.26. The van der Waals surface area contributed by atoms with Gasteiger partial charge in [0.15, 0.2) is 6.29 Å². The first kappa shape index (κ1) is 17.0. The lowest BCUT2D eigenvalue weighted by atomic mass is 9.95. The van der Waals surface area contributed by atoms with Crippen LogP contribution in [-0.4, -0.2) is 60.9 Å². The Morgan fingerprint density at radius 2 is 1.72 bits per heavy atom. The third kappa shape index (κ3) is 4.40. The lowest BCUT2D eigenvalue weighted by Gasteiger charge is -2.35. The van der Waals surface area contributed by atoms with Gasteiger partial charge in [0.05, 0.1) is 13.2 Å². The van der Waals surface area contributed by atoms with Crippen LogP contribution in [0.3, 0.4) is 0 Å². The molecule has 1 amide bonds. The Bertz CT molecular complexity index is 562. The average molecular weight is 344 g/mol. The second kappa shape index (κ2) is 7.85. The van der Waals surface area contributed by atoms with Crippen molar-refractivity contribution in [2.45, 2.75) is 44.6 Å². The van der Waals surface area contributed by atoms with Crippen LogP contribution < -0.4 is 0 Å². The Morgan fingerprint density at radius 1 is 1.04 bits per heavy atom. The van der Waals surface area contributed by atoms with Crippen molar-refractivity contribution in [2.24, 2.45) is 5.92 Å². The largest absolute Gasteiger partial charge is 0.349 e. The second-order valence-corrected chi connectivity index (χ2v) is 7.43. The van der Waals surface area contributed by atoms with Gasteiger partial charge in [-0.1, -0.05) is 30.3 Å². The fraction of sp³-hybridized carbons (Fsp3) is 0.650. The van der Waals surface area contributed by atoms with E-state index in [1.807, 2.05) is 6.07 Å². The third-order valence-electron chi connectivity index (χ3n) is 5.50. The number of likely N-dealkylation sites (tertiary alicyclic amines) is 1. The topological polar surface area (TPSA) is 42.0 Å². The van der Waals surface area contributed by atoms with E-state index in [0.29, 0.717) is 25.2 Å². The lowest BCUT2D eigenvalue weighted by Crippen LogP contribution is -2.45. The summed E-state index contributed by atoms with van der Waals surface area (Å²) in [6, 6.07) is 10.8. The minimum absolute atomic E-state index is 0.0757. The van der Waals surface area contributed by atoms with Gasteiger partial charge in [0.1, 0.15) is 0 Å². The molecule has 0 N–H and O–H groups in total. The first-order chi connectivity index (χ1) is 12.3. The molecule has 5 nitrogen and oxygen atoms in total. The maximum absolute atomic E-state index is 13.1. The highest BCUT2D eigenvalue weighted by molar-refractivity contribution is 5.79. The number of benzene rings is 1. The molecule has 2 aliphatic heterocycles. The standard InChI is InChI=1S/C20H28N2O3/c23-20(22(18-6-7-18)14-16-4-2-1-3-5-16)17-8-10-21(11-9-17)15-19-24-12-13-25-19/h1-5,17-19H,6-15H2. The molecule has 0 radical (unpaired) electrons. The molecule has 0 spiro atoms. The Hall–Kier alpha value is -1.43. The zero-order valence-corrected chi connectivity index (χ0v) is 14.8. The smallest absolute Gasteiger partial charge is 0.226 e. The van der Waals surface area contributed by atoms with Crippen molar-refractivity contribution >= 4 is 5.91 Å². The molecule has 136 valence electrons. The van der Waals surface area contributed by atoms with E-state index in [9.17, 15) is 4.79 Å². The van der Waals surface area contributed by atoms with Gasteiger partial charge in [-0.05, 0) is 44.3 Å². The third-order valence-corrected chi connectivity index (χ3v) is 5.50. The number of piperidine rings is 1. The number of carbonyl (C=O) groups excluding carboxylic acids is 1. The molecule has 0 bridgehead atoms. The van der Waals surface area contributed by atoms with E-state index < -0.39 is 0 Å². The van der Waals surface area contributed by atoms with Gasteiger partial charge >= 0.3 is 0 Å². The Labute approximate surface area is 149 Å². The Balaban J connectivity index is 1.30. The molecule has 1 saturated carbocycles. The van der Waals surface area contributed by atoms with Crippen LogP contribution in [0.1, 0.15) is 31.2 Å². The Kier molecular flexibility index (Phi) is 5.34. The summed E-state index contributed by atoms with van der Waals surface area (Å²) in [5.41, 5.74) is 1.23. The van der Waals surface area contributed by atoms with Crippen molar-refractivity contribution in [1.29, 1.82) is 0 Å². The molecule has 25 heavy (non-hydrogen) atoms. The van der Waals surface area contributed by atoms with Crippen LogP contribution in [0.2, 0.25) is 0 Å². The highest BCUT2D eigenvalue weighted by Crippen LogP contribution is 2.32. The number of ether oxygens (including phenoxy) is 2. The number of hydrogen-bond donors (Lipinski definition) is 0. The zero-order chi connectivity index (χ0) is 17.1. The average Bonchev–Trinajstić information content (AvgIpc) is 3.37. The lowest BCUT2D eigenvalue weighted by molar-refractivity contribution is -0.138. The van der Waals surface area contributed by atoms with Crippen LogP contribution in [-0.2, 0) is 20.8 Å². The first-order valence-corrected chi connectivity index (χ1v) is 9.59. The van der Waals surface area contributed by atoms with Gasteiger partial charge in [0.25, 0.3) is 0 Å². The molecule has 4 rings (SSSR count). The van der Waals surface area contributed by atoms with Crippen LogP contribution >= 0.6 is 0 Å². The molecular weight excluding hydrogens is 316 g/mol. The van der Waals surface area contributed by atoms with Crippen molar-refractivity contribution in [3.05, 3.63) is 35.9 Å². The van der Waals surface area contributed by atoms with Crippen LogP contribution in [0.25, 0.3) is 0 Å². The van der Waals surface area contributed by atoms with E-state index >= 15 is 0 Å². The second-order valence-electron chi connectivity index (χ2n) is 7.43. The summed E-state index contributed by atoms with van der Waals surface area (Å²) >= 11 is 0. The maximum Gasteiger partial charge on any atom is 0.226 e. The maximum atomic E-state index is 13.1. The fourth-order valence-electron chi connectivity index (χ4n) is 3.87. The molecule has 0 atom stereocenters. The number of rotatable bonds is 6. The van der Waals surface area contributed by atoms with Crippen LogP contribution in [0.5, 0.6) is 0 Å². The highest BCUT2D eigenvalue weighted by Gasteiger charge is 2.37. The van der Waals surface area contributed by atoms with Crippen molar-refractivity contribution in [2.75, 3.05) is 32.8 Å². The van der Waals surface area contributed by atoms with Crippen LogP contribution in [0.15, 0.2) is 30.3 Å². The van der Waals surface area contributed by atoms with Gasteiger partial charge in [-0.15, -0.1) is 0 Å². The summed E-state index contributed by atoms with van der Waals surface area (Å²) in [4.78, 5) is 17.6. The summed E-state index contributed by atoms with van der Waals surface area (Å²) in [7, 11) is 0. The molecule has 2 saturated heterocycles. The molecule has 0 aromatic heterocycles. The molecule has 3 aliphatic rings. The summed E-state index contributed by atoms with van der Waals surface area (Å²) in [6.45, 7) is 4.92. The molecule has 2 heterocycles. The van der Waals surface area contributed by atoms with Crippen molar-refractivity contribution in [1.82, 2.24) is 9.80 Å². The van der Waals surface area contributed by atoms with Crippen molar-refractivity contribution < 1.29 is 14.3 Å². The molecule has 0 unspecified atom stereocenters. The van der Waals surface area contributed by atoms with E-state index in [1.54, 1.807) is 0 Å². The van der Waals surface area contributed by atoms with Gasteiger partial charge < -0.3 is 14.4 Å². The summed E-state index contributed by atoms with van der Waals surface area (Å²) < 4.78 is 11.1. The van der Waals surface area contributed by atoms with Gasteiger partial charge in [-0.25, -0.2) is 0 Å². The number of carbonyl (C=O) groups is 1. The van der Waals surface area contributed by atoms with Crippen molar-refractivity contribution in [3.63, 3.8) is 0 Å². The number of nitrogens with zero attached hydrogens (tertiary/aromatic N) is 2. The molecule has 1 aromatic rings. The molecule has 1 aromatic carbocycles. The SMILES string of the molecule is O=C(C1CCN(CC2OCCO2)CC1)N(Cc1ccccc1)C1CC1. The van der Waals surface area contributed by atoms with E-state index in [4.69, 9.17) is 9.47 Å². The molecule has 3 fully saturated rings. The normalized spacial score (nSPS) is 23.0. The fourth-order valence-corrected chi connectivity index (χ4v) is 3.87. The molecule has 5 heteroatoms. The van der Waals surface area contributed by atoms with Gasteiger partial charge in [-0.3, -0.25) is 9.69 Å². The Morgan fingerprint density at radius 3 is 2.36 bits per heavy atom. The summed E-state index contributed by atoms with van der Waals surface area (Å²) in [5, 5.41) is 0. The predicted molar refractivity (Wildman–Crippen MR) is 94.9 cm³/mol. The summed E-state index contributed by atoms with van der Waals surface area (Å²) in [5.74, 6) is 0.533. The summed E-state index contributed by atoms with van der Waals surface area (Å²) in [6.07, 6.45) is 4.14. The molecular formula is C20H28N2O3. The monoisotopic (exact) mass is 344 g/mol. The van der Waals surface area contributed by atoms with Crippen LogP contribution in [0.4, 0.5) is 0 Å². The minimum atomic E-state index is -0.0757. The highest BCUT2D eigenvalue weighted by atomic mass is 16.7. The van der Waals surface area contributed by atoms with E-state index in [1.165, 1.54) is 5.56 Å². The first-order valence-electron chi connectivity index (χ1n) is 9.59. The van der Waals surface area contributed by atoms with Crippen molar-refractivity contribution in [3.8, 4) is 0 Å². The van der Waals surface area contributed by atoms with E-state index in [0.717, 1.165) is 51.9 Å². The van der Waals surface area contributed by atoms with Gasteiger partial charge in [0.2, 0.25) is 5.91 Å². The van der Waals surface area contributed by atoms with Gasteiger partial charge in [0, 0.05) is 25.0 Å². The van der Waals surface area contributed by atoms with Gasteiger partial charge in [-0.2, -0.15) is 0 Å². The van der Waals surface area contributed by atoms with E-state index in [2.05, 4.69) is 34.1 Å². The zero-order valence-electron chi connectivity index (χ0n) is 14.8. The minimum Gasteiger partial charge on any atom is -0.349 e. The quantitative estimate of drug-likeness (QED) is 0.794. The van der Waals surface area contributed by atoms with Crippen LogP contribution in [0, 0.1) is 5.92 Å². The number of amides is 1. The molecule has 1 aliphatic carbocycles. The number of hydrogen-bond acceptors (Lipinski definition) is 4. The van der Waals surface area contributed by atoms with E-state index in [-0.39, 0.29) is 12.2 Å².